The highest BCUT2D eigenvalue weighted by Gasteiger charge is 2.30. The van der Waals surface area contributed by atoms with Gasteiger partial charge in [0.1, 0.15) is 5.92 Å². The summed E-state index contributed by atoms with van der Waals surface area (Å²) in [6.45, 7) is 5.43. The molecule has 1 unspecified atom stereocenters. The van der Waals surface area contributed by atoms with Crippen LogP contribution in [0.2, 0.25) is 5.02 Å². The van der Waals surface area contributed by atoms with Crippen molar-refractivity contribution in [3.8, 4) is 6.07 Å². The van der Waals surface area contributed by atoms with Gasteiger partial charge in [0.25, 0.3) is 0 Å². The van der Waals surface area contributed by atoms with Crippen molar-refractivity contribution in [2.75, 3.05) is 0 Å². The van der Waals surface area contributed by atoms with Crippen LogP contribution in [-0.4, -0.2) is 5.78 Å². The van der Waals surface area contributed by atoms with E-state index in [4.69, 9.17) is 16.9 Å². The number of nitriles is 1. The summed E-state index contributed by atoms with van der Waals surface area (Å²) in [5.41, 5.74) is 0.137. The van der Waals surface area contributed by atoms with E-state index in [9.17, 15) is 4.79 Å². The summed E-state index contributed by atoms with van der Waals surface area (Å²) in [7, 11) is 0. The third-order valence-electron chi connectivity index (χ3n) is 2.31. The van der Waals surface area contributed by atoms with Gasteiger partial charge in [-0.2, -0.15) is 5.26 Å². The number of carbonyl (C=O) groups excluding carboxylic acids is 1. The van der Waals surface area contributed by atoms with Crippen LogP contribution in [0.15, 0.2) is 24.3 Å². The molecule has 0 aliphatic carbocycles. The van der Waals surface area contributed by atoms with Crippen molar-refractivity contribution >= 4 is 17.4 Å². The van der Waals surface area contributed by atoms with Gasteiger partial charge in [0.05, 0.1) is 6.07 Å². The molecule has 0 N–H and O–H groups in total. The smallest absolute Gasteiger partial charge is 0.159 e. The van der Waals surface area contributed by atoms with Crippen molar-refractivity contribution in [2.24, 2.45) is 5.41 Å². The van der Waals surface area contributed by atoms with E-state index in [-0.39, 0.29) is 5.78 Å². The fourth-order valence-electron chi connectivity index (χ4n) is 1.40. The SMILES string of the molecule is CC(C)(C)C(=O)C(C#N)c1cccc(Cl)c1. The number of nitrogens with zero attached hydrogens (tertiary/aromatic N) is 1. The Morgan fingerprint density at radius 2 is 2.06 bits per heavy atom. The first-order valence-corrected chi connectivity index (χ1v) is 5.43. The maximum absolute atomic E-state index is 12.0. The number of ketones is 1. The normalized spacial score (nSPS) is 12.9. The molecule has 0 fully saturated rings. The molecule has 3 heteroatoms. The first-order chi connectivity index (χ1) is 7.36. The average Bonchev–Trinajstić information content (AvgIpc) is 2.17. The molecular formula is C13H14ClNO. The van der Waals surface area contributed by atoms with Gasteiger partial charge < -0.3 is 0 Å². The molecule has 1 rings (SSSR count). The predicted molar refractivity (Wildman–Crippen MR) is 64.3 cm³/mol. The molecule has 0 heterocycles. The van der Waals surface area contributed by atoms with Gasteiger partial charge >= 0.3 is 0 Å². The molecule has 0 aliphatic rings. The van der Waals surface area contributed by atoms with Crippen LogP contribution in [0.1, 0.15) is 32.3 Å². The van der Waals surface area contributed by atoms with E-state index < -0.39 is 11.3 Å². The number of hydrogen-bond acceptors (Lipinski definition) is 2. The highest BCUT2D eigenvalue weighted by Crippen LogP contribution is 2.28. The lowest BCUT2D eigenvalue weighted by Gasteiger charge is -2.20. The Labute approximate surface area is 101 Å². The van der Waals surface area contributed by atoms with E-state index in [2.05, 4.69) is 0 Å². The summed E-state index contributed by atoms with van der Waals surface area (Å²) in [4.78, 5) is 12.0. The van der Waals surface area contributed by atoms with Crippen molar-refractivity contribution in [3.63, 3.8) is 0 Å². The Balaban J connectivity index is 3.10. The van der Waals surface area contributed by atoms with E-state index in [0.29, 0.717) is 10.6 Å². The van der Waals surface area contributed by atoms with Gasteiger partial charge in [-0.15, -0.1) is 0 Å². The van der Waals surface area contributed by atoms with Gasteiger partial charge in [-0.3, -0.25) is 4.79 Å². The second kappa shape index (κ2) is 4.67. The maximum atomic E-state index is 12.0. The third-order valence-corrected chi connectivity index (χ3v) is 2.55. The molecular weight excluding hydrogens is 222 g/mol. The number of rotatable bonds is 2. The summed E-state index contributed by atoms with van der Waals surface area (Å²) in [6, 6.07) is 8.93. The molecule has 1 atom stereocenters. The minimum absolute atomic E-state index is 0.0859. The quantitative estimate of drug-likeness (QED) is 0.787. The molecule has 2 nitrogen and oxygen atoms in total. The molecule has 0 amide bonds. The molecule has 0 radical (unpaired) electrons. The van der Waals surface area contributed by atoms with Crippen molar-refractivity contribution in [1.82, 2.24) is 0 Å². The summed E-state index contributed by atoms with van der Waals surface area (Å²) < 4.78 is 0. The van der Waals surface area contributed by atoms with E-state index in [1.807, 2.05) is 26.8 Å². The van der Waals surface area contributed by atoms with E-state index >= 15 is 0 Å². The molecule has 1 aromatic rings. The lowest BCUT2D eigenvalue weighted by Crippen LogP contribution is -2.26. The van der Waals surface area contributed by atoms with Crippen LogP contribution in [0.3, 0.4) is 0 Å². The van der Waals surface area contributed by atoms with Crippen molar-refractivity contribution in [1.29, 1.82) is 5.26 Å². The van der Waals surface area contributed by atoms with E-state index in [1.54, 1.807) is 24.3 Å². The molecule has 0 saturated carbocycles. The van der Waals surface area contributed by atoms with Gasteiger partial charge in [-0.25, -0.2) is 0 Å². The topological polar surface area (TPSA) is 40.9 Å². The molecule has 0 saturated heterocycles. The van der Waals surface area contributed by atoms with Crippen molar-refractivity contribution in [3.05, 3.63) is 34.9 Å². The van der Waals surface area contributed by atoms with Crippen LogP contribution in [0.4, 0.5) is 0 Å². The van der Waals surface area contributed by atoms with E-state index in [1.165, 1.54) is 0 Å². The molecule has 84 valence electrons. The van der Waals surface area contributed by atoms with Gasteiger partial charge in [-0.05, 0) is 17.7 Å². The van der Waals surface area contributed by atoms with Crippen LogP contribution in [0, 0.1) is 16.7 Å². The van der Waals surface area contributed by atoms with Crippen LogP contribution >= 0.6 is 11.6 Å². The number of halogens is 1. The molecule has 0 aliphatic heterocycles. The van der Waals surface area contributed by atoms with Crippen molar-refractivity contribution in [2.45, 2.75) is 26.7 Å². The number of Topliss-reactive ketones (excluding diaryl/α,β-unsaturated/α-hetero) is 1. The zero-order valence-electron chi connectivity index (χ0n) is 9.62. The van der Waals surface area contributed by atoms with Crippen LogP contribution in [0.25, 0.3) is 0 Å². The fraction of sp³-hybridized carbons (Fsp3) is 0.385. The summed E-state index contributed by atoms with van der Waals surface area (Å²) in [5, 5.41) is 9.63. The Morgan fingerprint density at radius 1 is 1.44 bits per heavy atom. The summed E-state index contributed by atoms with van der Waals surface area (Å²) in [6.07, 6.45) is 0. The van der Waals surface area contributed by atoms with Crippen molar-refractivity contribution < 1.29 is 4.79 Å². The lowest BCUT2D eigenvalue weighted by atomic mass is 9.80. The van der Waals surface area contributed by atoms with Gasteiger partial charge in [0.2, 0.25) is 0 Å². The Morgan fingerprint density at radius 3 is 2.50 bits per heavy atom. The Hall–Kier alpha value is -1.33. The minimum atomic E-state index is -0.737. The van der Waals surface area contributed by atoms with Crippen LogP contribution < -0.4 is 0 Å². The zero-order chi connectivity index (χ0) is 12.3. The zero-order valence-corrected chi connectivity index (χ0v) is 10.4. The van der Waals surface area contributed by atoms with E-state index in [0.717, 1.165) is 0 Å². The van der Waals surface area contributed by atoms with Gasteiger partial charge in [0.15, 0.2) is 5.78 Å². The predicted octanol–water partition coefficient (Wildman–Crippen LogP) is 3.56. The first-order valence-electron chi connectivity index (χ1n) is 5.05. The van der Waals surface area contributed by atoms with Crippen LogP contribution in [0.5, 0.6) is 0 Å². The molecule has 0 spiro atoms. The fourth-order valence-corrected chi connectivity index (χ4v) is 1.60. The molecule has 0 aromatic heterocycles. The standard InChI is InChI=1S/C13H14ClNO/c1-13(2,3)12(16)11(8-15)9-5-4-6-10(14)7-9/h4-7,11H,1-3H3. The Kier molecular flexibility index (Phi) is 3.72. The molecule has 16 heavy (non-hydrogen) atoms. The second-order valence-corrected chi connectivity index (χ2v) is 5.17. The summed E-state index contributed by atoms with van der Waals surface area (Å²) in [5.74, 6) is -0.823. The van der Waals surface area contributed by atoms with Gasteiger partial charge in [-0.1, -0.05) is 44.5 Å². The lowest BCUT2D eigenvalue weighted by molar-refractivity contribution is -0.126. The van der Waals surface area contributed by atoms with Crippen LogP contribution in [-0.2, 0) is 4.79 Å². The maximum Gasteiger partial charge on any atom is 0.159 e. The van der Waals surface area contributed by atoms with Gasteiger partial charge in [0, 0.05) is 10.4 Å². The number of benzene rings is 1. The minimum Gasteiger partial charge on any atom is -0.297 e. The third kappa shape index (κ3) is 2.84. The number of hydrogen-bond donors (Lipinski definition) is 0. The summed E-state index contributed by atoms with van der Waals surface area (Å²) >= 11 is 5.84. The monoisotopic (exact) mass is 235 g/mol. The first kappa shape index (κ1) is 12.7. The Bertz CT molecular complexity index is 440. The molecule has 0 bridgehead atoms. The number of carbonyl (C=O) groups is 1. The average molecular weight is 236 g/mol. The second-order valence-electron chi connectivity index (χ2n) is 4.73. The largest absolute Gasteiger partial charge is 0.297 e. The highest BCUT2D eigenvalue weighted by molar-refractivity contribution is 6.30. The molecule has 1 aromatic carbocycles. The highest BCUT2D eigenvalue weighted by atomic mass is 35.5.